The number of nitrogens with zero attached hydrogens (tertiary/aromatic N) is 1. The van der Waals surface area contributed by atoms with Crippen molar-refractivity contribution in [3.8, 4) is 0 Å². The monoisotopic (exact) mass is 307 g/mol. The quantitative estimate of drug-likeness (QED) is 0.788. The number of fused-ring (bicyclic) bond motifs is 1. The Morgan fingerprint density at radius 2 is 1.86 bits per heavy atom. The second-order valence-electron chi connectivity index (χ2n) is 6.00. The highest BCUT2D eigenvalue weighted by Crippen LogP contribution is 2.36. The summed E-state index contributed by atoms with van der Waals surface area (Å²) >= 11 is 1.23. The third-order valence-electron chi connectivity index (χ3n) is 4.78. The summed E-state index contributed by atoms with van der Waals surface area (Å²) in [6, 6.07) is 3.42. The molecule has 1 aliphatic heterocycles. The second kappa shape index (κ2) is 6.18. The largest absolute Gasteiger partial charge is 0.465 e. The number of hydrogen-bond donors (Lipinski definition) is 0. The van der Waals surface area contributed by atoms with Gasteiger partial charge in [0.1, 0.15) is 4.88 Å². The van der Waals surface area contributed by atoms with Crippen molar-refractivity contribution >= 4 is 23.2 Å². The number of carbonyl (C=O) groups is 2. The third kappa shape index (κ3) is 2.98. The predicted octanol–water partition coefficient (Wildman–Crippen LogP) is 3.19. The maximum absolute atomic E-state index is 12.6. The van der Waals surface area contributed by atoms with E-state index in [0.29, 0.717) is 15.7 Å². The average Bonchev–Trinajstić information content (AvgIpc) is 3.03. The first-order chi connectivity index (χ1) is 10.2. The summed E-state index contributed by atoms with van der Waals surface area (Å²) in [4.78, 5) is 27.2. The molecule has 1 aromatic heterocycles. The van der Waals surface area contributed by atoms with Crippen molar-refractivity contribution in [2.24, 2.45) is 11.8 Å². The molecule has 0 unspecified atom stereocenters. The van der Waals surface area contributed by atoms with Gasteiger partial charge in [0, 0.05) is 13.1 Å². The minimum atomic E-state index is -0.370. The van der Waals surface area contributed by atoms with Gasteiger partial charge in [-0.2, -0.15) is 0 Å². The Bertz CT molecular complexity index is 539. The van der Waals surface area contributed by atoms with Gasteiger partial charge in [0.15, 0.2) is 0 Å². The van der Waals surface area contributed by atoms with E-state index in [-0.39, 0.29) is 11.9 Å². The van der Waals surface area contributed by atoms with Crippen LogP contribution in [0.25, 0.3) is 0 Å². The minimum Gasteiger partial charge on any atom is -0.465 e. The van der Waals surface area contributed by atoms with Crippen LogP contribution in [0.2, 0.25) is 0 Å². The van der Waals surface area contributed by atoms with Crippen LogP contribution in [-0.4, -0.2) is 37.0 Å². The van der Waals surface area contributed by atoms with Gasteiger partial charge in [-0.1, -0.05) is 19.3 Å². The highest BCUT2D eigenvalue weighted by molar-refractivity contribution is 7.15. The molecule has 1 saturated heterocycles. The van der Waals surface area contributed by atoms with Crippen LogP contribution in [0.4, 0.5) is 0 Å². The van der Waals surface area contributed by atoms with E-state index in [1.807, 2.05) is 4.90 Å². The van der Waals surface area contributed by atoms with E-state index in [4.69, 9.17) is 4.74 Å². The number of likely N-dealkylation sites (tertiary alicyclic amines) is 1. The molecule has 5 heteroatoms. The fourth-order valence-corrected chi connectivity index (χ4v) is 4.50. The van der Waals surface area contributed by atoms with Crippen LogP contribution in [0.3, 0.4) is 0 Å². The zero-order valence-corrected chi connectivity index (χ0v) is 13.2. The number of rotatable bonds is 2. The van der Waals surface area contributed by atoms with E-state index < -0.39 is 0 Å². The van der Waals surface area contributed by atoms with Crippen molar-refractivity contribution in [3.63, 3.8) is 0 Å². The number of thiophene rings is 1. The van der Waals surface area contributed by atoms with Crippen LogP contribution in [-0.2, 0) is 4.74 Å². The molecule has 2 atom stereocenters. The summed E-state index contributed by atoms with van der Waals surface area (Å²) in [7, 11) is 1.36. The van der Waals surface area contributed by atoms with E-state index in [1.54, 1.807) is 12.1 Å². The predicted molar refractivity (Wildman–Crippen MR) is 81.6 cm³/mol. The van der Waals surface area contributed by atoms with Gasteiger partial charge in [-0.25, -0.2) is 4.79 Å². The van der Waals surface area contributed by atoms with Gasteiger partial charge in [-0.15, -0.1) is 11.3 Å². The van der Waals surface area contributed by atoms with Gasteiger partial charge in [0.05, 0.1) is 12.0 Å². The smallest absolute Gasteiger partial charge is 0.348 e. The van der Waals surface area contributed by atoms with Crippen LogP contribution in [0.5, 0.6) is 0 Å². The molecule has 1 saturated carbocycles. The van der Waals surface area contributed by atoms with Gasteiger partial charge in [-0.3, -0.25) is 4.79 Å². The van der Waals surface area contributed by atoms with Crippen LogP contribution >= 0.6 is 11.3 Å². The van der Waals surface area contributed by atoms with Gasteiger partial charge in [-0.05, 0) is 36.8 Å². The van der Waals surface area contributed by atoms with Gasteiger partial charge in [0.25, 0.3) is 5.91 Å². The summed E-state index contributed by atoms with van der Waals surface area (Å²) < 4.78 is 4.69. The Hall–Kier alpha value is -1.36. The molecule has 0 bridgehead atoms. The third-order valence-corrected chi connectivity index (χ3v) is 5.84. The number of esters is 1. The molecule has 0 spiro atoms. The first-order valence-corrected chi connectivity index (χ1v) is 8.48. The highest BCUT2D eigenvalue weighted by Gasteiger charge is 2.33. The average molecular weight is 307 g/mol. The lowest BCUT2D eigenvalue weighted by atomic mass is 9.75. The number of ether oxygens (including phenoxy) is 1. The van der Waals surface area contributed by atoms with Gasteiger partial charge >= 0.3 is 5.97 Å². The van der Waals surface area contributed by atoms with E-state index in [2.05, 4.69) is 0 Å². The maximum atomic E-state index is 12.6. The molecule has 1 aromatic rings. The maximum Gasteiger partial charge on any atom is 0.348 e. The van der Waals surface area contributed by atoms with Crippen molar-refractivity contribution in [2.75, 3.05) is 20.2 Å². The Balaban J connectivity index is 1.67. The normalized spacial score (nSPS) is 25.3. The minimum absolute atomic E-state index is 0.0687. The topological polar surface area (TPSA) is 46.6 Å². The summed E-state index contributed by atoms with van der Waals surface area (Å²) in [5.74, 6) is 1.19. The van der Waals surface area contributed by atoms with E-state index in [1.165, 1.54) is 44.1 Å². The molecule has 1 aliphatic carbocycles. The Morgan fingerprint density at radius 1 is 1.14 bits per heavy atom. The number of carbonyl (C=O) groups excluding carboxylic acids is 2. The van der Waals surface area contributed by atoms with Crippen molar-refractivity contribution in [1.82, 2.24) is 4.90 Å². The van der Waals surface area contributed by atoms with Gasteiger partial charge < -0.3 is 9.64 Å². The number of hydrogen-bond acceptors (Lipinski definition) is 4. The molecule has 0 aromatic carbocycles. The molecule has 0 radical (unpaired) electrons. The van der Waals surface area contributed by atoms with Crippen molar-refractivity contribution < 1.29 is 14.3 Å². The molecule has 1 amide bonds. The molecule has 21 heavy (non-hydrogen) atoms. The molecule has 4 nitrogen and oxygen atoms in total. The van der Waals surface area contributed by atoms with Crippen molar-refractivity contribution in [1.29, 1.82) is 0 Å². The summed E-state index contributed by atoms with van der Waals surface area (Å²) in [5.41, 5.74) is 0. The van der Waals surface area contributed by atoms with Crippen LogP contribution in [0.1, 0.15) is 51.4 Å². The molecule has 2 fully saturated rings. The molecular weight excluding hydrogens is 286 g/mol. The lowest BCUT2D eigenvalue weighted by Crippen LogP contribution is -2.44. The zero-order chi connectivity index (χ0) is 14.8. The fraction of sp³-hybridized carbons (Fsp3) is 0.625. The molecule has 114 valence electrons. The summed E-state index contributed by atoms with van der Waals surface area (Å²) in [6.45, 7) is 1.74. The van der Waals surface area contributed by atoms with E-state index in [9.17, 15) is 9.59 Å². The second-order valence-corrected chi connectivity index (χ2v) is 7.08. The van der Waals surface area contributed by atoms with Crippen LogP contribution < -0.4 is 0 Å². The Labute approximate surface area is 129 Å². The zero-order valence-electron chi connectivity index (χ0n) is 12.3. The van der Waals surface area contributed by atoms with Crippen LogP contribution in [0, 0.1) is 11.8 Å². The summed E-state index contributed by atoms with van der Waals surface area (Å²) in [6.07, 6.45) is 6.37. The Morgan fingerprint density at radius 3 is 2.62 bits per heavy atom. The molecule has 0 N–H and O–H groups in total. The number of methoxy groups -OCH3 is 1. The lowest BCUT2D eigenvalue weighted by molar-refractivity contribution is 0.0525. The van der Waals surface area contributed by atoms with Crippen molar-refractivity contribution in [2.45, 2.75) is 32.1 Å². The number of piperidine rings is 1. The fourth-order valence-electron chi connectivity index (χ4n) is 3.60. The number of amides is 1. The van der Waals surface area contributed by atoms with E-state index >= 15 is 0 Å². The van der Waals surface area contributed by atoms with Gasteiger partial charge in [0.2, 0.25) is 0 Å². The highest BCUT2D eigenvalue weighted by atomic mass is 32.1. The molecule has 2 heterocycles. The standard InChI is InChI=1S/C16H21NO3S/c1-20-16(19)14-7-6-13(21-14)15(18)17-9-8-11-4-2-3-5-12(11)10-17/h6-7,11-12H,2-5,8-10H2,1H3/t11-,12-/m1/s1. The summed E-state index contributed by atoms with van der Waals surface area (Å²) in [5, 5.41) is 0. The van der Waals surface area contributed by atoms with E-state index in [0.717, 1.165) is 25.4 Å². The molecule has 3 rings (SSSR count). The van der Waals surface area contributed by atoms with Crippen LogP contribution in [0.15, 0.2) is 12.1 Å². The SMILES string of the molecule is COC(=O)c1ccc(C(=O)N2CC[C@H]3CCCC[C@@H]3C2)s1. The first kappa shape index (κ1) is 14.6. The van der Waals surface area contributed by atoms with Crippen molar-refractivity contribution in [3.05, 3.63) is 21.9 Å². The Kier molecular flexibility index (Phi) is 4.29. The molecule has 2 aliphatic rings. The first-order valence-electron chi connectivity index (χ1n) is 7.66. The molecular formula is C16H21NO3S. The lowest BCUT2D eigenvalue weighted by Gasteiger charge is -2.41.